The number of nitrogens with zero attached hydrogens (tertiary/aromatic N) is 5. The molecule has 1 aliphatic heterocycles. The van der Waals surface area contributed by atoms with Crippen LogP contribution < -0.4 is 0 Å². The second-order valence-electron chi connectivity index (χ2n) is 5.65. The fraction of sp³-hybridized carbons (Fsp3) is 0.833. The molecule has 110 valence electrons. The lowest BCUT2D eigenvalue weighted by atomic mass is 9.89. The number of thioether (sulfide) groups is 1. The summed E-state index contributed by atoms with van der Waals surface area (Å²) in [6, 6.07) is 0.418. The molecule has 20 heavy (non-hydrogen) atoms. The van der Waals surface area contributed by atoms with Gasteiger partial charge in [0, 0.05) is 0 Å². The van der Waals surface area contributed by atoms with Gasteiger partial charge >= 0.3 is 0 Å². The molecule has 7 nitrogen and oxygen atoms in total. The van der Waals surface area contributed by atoms with Crippen molar-refractivity contribution in [1.29, 1.82) is 0 Å². The number of carbonyl (C=O) groups is 1. The smallest absolute Gasteiger partial charge is 0.233 e. The first-order chi connectivity index (χ1) is 9.61. The maximum Gasteiger partial charge on any atom is 0.233 e. The van der Waals surface area contributed by atoms with E-state index in [1.54, 1.807) is 4.90 Å². The van der Waals surface area contributed by atoms with E-state index < -0.39 is 5.60 Å². The zero-order valence-corrected chi connectivity index (χ0v) is 12.3. The van der Waals surface area contributed by atoms with Gasteiger partial charge in [-0.2, -0.15) is 0 Å². The number of hydrogen-bond donors (Lipinski definition) is 1. The normalized spacial score (nSPS) is 20.8. The third kappa shape index (κ3) is 2.80. The Morgan fingerprint density at radius 2 is 2.25 bits per heavy atom. The first kappa shape index (κ1) is 13.8. The maximum absolute atomic E-state index is 12.0. The van der Waals surface area contributed by atoms with Gasteiger partial charge in [-0.1, -0.05) is 25.1 Å². The van der Waals surface area contributed by atoms with Crippen LogP contribution in [-0.2, 0) is 4.79 Å². The Hall–Kier alpha value is -1.15. The SMILES string of the molecule is CCCC1(O)CN(C(=O)CSc2nnnn2C2CC2)C1. The summed E-state index contributed by atoms with van der Waals surface area (Å²) in [6.45, 7) is 2.94. The molecule has 0 spiro atoms. The molecule has 1 aromatic heterocycles. The van der Waals surface area contributed by atoms with E-state index in [1.165, 1.54) is 11.8 Å². The number of rotatable bonds is 6. The Morgan fingerprint density at radius 3 is 2.90 bits per heavy atom. The molecule has 0 atom stereocenters. The highest BCUT2D eigenvalue weighted by Gasteiger charge is 2.42. The number of aliphatic hydroxyl groups is 1. The van der Waals surface area contributed by atoms with Gasteiger partial charge in [0.05, 0.1) is 30.5 Å². The van der Waals surface area contributed by atoms with E-state index in [1.807, 2.05) is 11.6 Å². The van der Waals surface area contributed by atoms with Gasteiger partial charge in [-0.25, -0.2) is 4.68 Å². The lowest BCUT2D eigenvalue weighted by Crippen LogP contribution is -2.63. The summed E-state index contributed by atoms with van der Waals surface area (Å²) in [5, 5.41) is 22.4. The number of carbonyl (C=O) groups excluding carboxylic acids is 1. The van der Waals surface area contributed by atoms with Crippen molar-refractivity contribution in [2.45, 2.75) is 49.4 Å². The van der Waals surface area contributed by atoms with E-state index in [-0.39, 0.29) is 5.91 Å². The lowest BCUT2D eigenvalue weighted by molar-refractivity contribution is -0.153. The number of β-amino-alcohol motifs (C(OH)–C–C–N with tert-alkyl or cyclic N) is 1. The van der Waals surface area contributed by atoms with Crippen LogP contribution in [0.5, 0.6) is 0 Å². The van der Waals surface area contributed by atoms with Gasteiger partial charge in [-0.05, 0) is 29.7 Å². The average Bonchev–Trinajstić information content (AvgIpc) is 3.12. The zero-order chi connectivity index (χ0) is 14.2. The van der Waals surface area contributed by atoms with Crippen LogP contribution in [0.15, 0.2) is 5.16 Å². The third-order valence-electron chi connectivity index (χ3n) is 3.72. The highest BCUT2D eigenvalue weighted by molar-refractivity contribution is 7.99. The van der Waals surface area contributed by atoms with Gasteiger partial charge in [-0.15, -0.1) is 5.10 Å². The van der Waals surface area contributed by atoms with Crippen molar-refractivity contribution in [2.24, 2.45) is 0 Å². The van der Waals surface area contributed by atoms with E-state index in [2.05, 4.69) is 15.5 Å². The Bertz CT molecular complexity index is 496. The molecule has 1 aliphatic carbocycles. The van der Waals surface area contributed by atoms with Gasteiger partial charge < -0.3 is 10.0 Å². The van der Waals surface area contributed by atoms with Crippen LogP contribution in [0.1, 0.15) is 38.6 Å². The summed E-state index contributed by atoms with van der Waals surface area (Å²) in [7, 11) is 0. The molecule has 1 aromatic rings. The second-order valence-corrected chi connectivity index (χ2v) is 6.59. The summed E-state index contributed by atoms with van der Waals surface area (Å²) < 4.78 is 1.81. The summed E-state index contributed by atoms with van der Waals surface area (Å²) in [5.41, 5.74) is -0.662. The van der Waals surface area contributed by atoms with E-state index in [4.69, 9.17) is 0 Å². The van der Waals surface area contributed by atoms with Gasteiger partial charge in [0.2, 0.25) is 11.1 Å². The molecule has 1 amide bonds. The summed E-state index contributed by atoms with van der Waals surface area (Å²) >= 11 is 1.38. The molecule has 1 saturated heterocycles. The van der Waals surface area contributed by atoms with E-state index in [9.17, 15) is 9.90 Å². The molecule has 1 N–H and O–H groups in total. The van der Waals surface area contributed by atoms with Crippen molar-refractivity contribution in [3.8, 4) is 0 Å². The molecule has 0 bridgehead atoms. The van der Waals surface area contributed by atoms with Crippen molar-refractivity contribution < 1.29 is 9.90 Å². The Balaban J connectivity index is 1.47. The van der Waals surface area contributed by atoms with Crippen molar-refractivity contribution >= 4 is 17.7 Å². The second kappa shape index (κ2) is 5.33. The Kier molecular flexibility index (Phi) is 3.68. The maximum atomic E-state index is 12.0. The number of aromatic nitrogens is 4. The van der Waals surface area contributed by atoms with Crippen LogP contribution in [0, 0.1) is 0 Å². The average molecular weight is 297 g/mol. The molecule has 0 radical (unpaired) electrons. The molecule has 2 aliphatic rings. The lowest BCUT2D eigenvalue weighted by Gasteiger charge is -2.46. The predicted molar refractivity (Wildman–Crippen MR) is 73.2 cm³/mol. The number of amides is 1. The van der Waals surface area contributed by atoms with Crippen LogP contribution in [0.2, 0.25) is 0 Å². The van der Waals surface area contributed by atoms with Crippen molar-refractivity contribution in [2.75, 3.05) is 18.8 Å². The minimum atomic E-state index is -0.662. The molecule has 0 unspecified atom stereocenters. The van der Waals surface area contributed by atoms with Crippen LogP contribution >= 0.6 is 11.8 Å². The zero-order valence-electron chi connectivity index (χ0n) is 11.5. The number of likely N-dealkylation sites (tertiary alicyclic amines) is 1. The Labute approximate surface area is 121 Å². The van der Waals surface area contributed by atoms with Gasteiger partial charge in [0.1, 0.15) is 0 Å². The molecule has 3 rings (SSSR count). The van der Waals surface area contributed by atoms with E-state index in [0.29, 0.717) is 30.0 Å². The highest BCUT2D eigenvalue weighted by atomic mass is 32.2. The van der Waals surface area contributed by atoms with Crippen molar-refractivity contribution in [3.05, 3.63) is 0 Å². The van der Waals surface area contributed by atoms with Crippen LogP contribution in [-0.4, -0.2) is 60.6 Å². The van der Waals surface area contributed by atoms with Gasteiger partial charge in [0.15, 0.2) is 0 Å². The van der Waals surface area contributed by atoms with Crippen LogP contribution in [0.3, 0.4) is 0 Å². The quantitative estimate of drug-likeness (QED) is 0.769. The van der Waals surface area contributed by atoms with Crippen LogP contribution in [0.25, 0.3) is 0 Å². The Morgan fingerprint density at radius 1 is 1.50 bits per heavy atom. The fourth-order valence-corrected chi connectivity index (χ4v) is 3.36. The molecular weight excluding hydrogens is 278 g/mol. The standard InChI is InChI=1S/C12H19N5O2S/c1-2-5-12(19)7-16(8-12)10(18)6-20-11-13-14-15-17(11)9-3-4-9/h9,19H,2-8H2,1H3. The van der Waals surface area contributed by atoms with E-state index >= 15 is 0 Å². The summed E-state index contributed by atoms with van der Waals surface area (Å²) in [6.07, 6.45) is 3.92. The molecule has 0 aromatic carbocycles. The molecule has 2 heterocycles. The minimum Gasteiger partial charge on any atom is -0.386 e. The number of tetrazole rings is 1. The largest absolute Gasteiger partial charge is 0.386 e. The van der Waals surface area contributed by atoms with Crippen molar-refractivity contribution in [1.82, 2.24) is 25.1 Å². The predicted octanol–water partition coefficient (Wildman–Crippen LogP) is 0.473. The van der Waals surface area contributed by atoms with Crippen molar-refractivity contribution in [3.63, 3.8) is 0 Å². The number of hydrogen-bond acceptors (Lipinski definition) is 6. The first-order valence-electron chi connectivity index (χ1n) is 7.02. The molecule has 8 heteroatoms. The van der Waals surface area contributed by atoms with Gasteiger partial charge in [-0.3, -0.25) is 4.79 Å². The van der Waals surface area contributed by atoms with Gasteiger partial charge in [0.25, 0.3) is 0 Å². The van der Waals surface area contributed by atoms with E-state index in [0.717, 1.165) is 25.7 Å². The topological polar surface area (TPSA) is 84.1 Å². The van der Waals surface area contributed by atoms with Crippen LogP contribution in [0.4, 0.5) is 0 Å². The third-order valence-corrected chi connectivity index (χ3v) is 4.64. The first-order valence-corrected chi connectivity index (χ1v) is 8.01. The molecule has 1 saturated carbocycles. The highest BCUT2D eigenvalue weighted by Crippen LogP contribution is 2.36. The summed E-state index contributed by atoms with van der Waals surface area (Å²) in [5.74, 6) is 0.371. The molecular formula is C12H19N5O2S. The molecule has 2 fully saturated rings. The fourth-order valence-electron chi connectivity index (χ4n) is 2.51. The monoisotopic (exact) mass is 297 g/mol. The summed E-state index contributed by atoms with van der Waals surface area (Å²) in [4.78, 5) is 13.7. The minimum absolute atomic E-state index is 0.0427.